The summed E-state index contributed by atoms with van der Waals surface area (Å²) >= 11 is 17.0. The second-order valence-corrected chi connectivity index (χ2v) is 5.19. The molecule has 0 spiro atoms. The second-order valence-electron chi connectivity index (χ2n) is 3.90. The molecule has 0 aromatic heterocycles. The second kappa shape index (κ2) is 6.31. The first kappa shape index (κ1) is 14.9. The van der Waals surface area contributed by atoms with Crippen LogP contribution in [0.15, 0.2) is 36.4 Å². The molecular weight excluding hydrogens is 317 g/mol. The van der Waals surface area contributed by atoms with Crippen molar-refractivity contribution in [2.45, 2.75) is 0 Å². The zero-order valence-corrected chi connectivity index (χ0v) is 12.9. The van der Waals surface area contributed by atoms with E-state index in [0.717, 1.165) is 0 Å². The fraction of sp³-hybridized carbons (Fsp3) is 0.0714. The van der Waals surface area contributed by atoms with Crippen LogP contribution in [0.2, 0.25) is 10.0 Å². The largest absolute Gasteiger partial charge is 0.497 e. The number of ether oxygens (including phenoxy) is 2. The highest BCUT2D eigenvalue weighted by atomic mass is 35.5. The molecule has 0 heterocycles. The molecule has 0 aliphatic heterocycles. The summed E-state index contributed by atoms with van der Waals surface area (Å²) in [7, 11) is 1.56. The fourth-order valence-electron chi connectivity index (χ4n) is 1.59. The highest BCUT2D eigenvalue weighted by molar-refractivity contribution is 7.80. The summed E-state index contributed by atoms with van der Waals surface area (Å²) in [5, 5.41) is 0.954. The van der Waals surface area contributed by atoms with Crippen LogP contribution in [0.1, 0.15) is 5.56 Å². The van der Waals surface area contributed by atoms with Crippen molar-refractivity contribution >= 4 is 40.4 Å². The maximum absolute atomic E-state index is 6.07. The van der Waals surface area contributed by atoms with E-state index in [0.29, 0.717) is 32.9 Å². The van der Waals surface area contributed by atoms with Gasteiger partial charge in [0.15, 0.2) is 0 Å². The van der Waals surface area contributed by atoms with Crippen LogP contribution in [0.25, 0.3) is 0 Å². The molecule has 0 atom stereocenters. The molecule has 2 rings (SSSR count). The SMILES string of the molecule is COc1ccc(C(N)=S)c(Oc2cc(Cl)ccc2Cl)c1. The van der Waals surface area contributed by atoms with E-state index in [9.17, 15) is 0 Å². The predicted octanol–water partition coefficient (Wildman–Crippen LogP) is 4.43. The molecule has 104 valence electrons. The number of halogens is 2. The summed E-state index contributed by atoms with van der Waals surface area (Å²) in [6, 6.07) is 10.1. The minimum absolute atomic E-state index is 0.223. The van der Waals surface area contributed by atoms with E-state index in [-0.39, 0.29) is 4.99 Å². The molecule has 0 unspecified atom stereocenters. The van der Waals surface area contributed by atoms with Gasteiger partial charge < -0.3 is 15.2 Å². The Morgan fingerprint density at radius 2 is 1.85 bits per heavy atom. The van der Waals surface area contributed by atoms with Gasteiger partial charge in [-0.25, -0.2) is 0 Å². The summed E-state index contributed by atoms with van der Waals surface area (Å²) in [5.74, 6) is 1.50. The van der Waals surface area contributed by atoms with Crippen molar-refractivity contribution in [1.82, 2.24) is 0 Å². The lowest BCUT2D eigenvalue weighted by Crippen LogP contribution is -2.10. The van der Waals surface area contributed by atoms with E-state index in [1.165, 1.54) is 0 Å². The summed E-state index contributed by atoms with van der Waals surface area (Å²) < 4.78 is 10.9. The summed E-state index contributed by atoms with van der Waals surface area (Å²) in [4.78, 5) is 0.223. The summed E-state index contributed by atoms with van der Waals surface area (Å²) in [6.45, 7) is 0. The van der Waals surface area contributed by atoms with Crippen LogP contribution in [0.4, 0.5) is 0 Å². The lowest BCUT2D eigenvalue weighted by atomic mass is 10.2. The van der Waals surface area contributed by atoms with Crippen LogP contribution in [0.5, 0.6) is 17.2 Å². The number of nitrogens with two attached hydrogens (primary N) is 1. The molecule has 0 radical (unpaired) electrons. The van der Waals surface area contributed by atoms with Crippen LogP contribution in [-0.2, 0) is 0 Å². The molecule has 0 aliphatic rings. The van der Waals surface area contributed by atoms with Gasteiger partial charge in [0.1, 0.15) is 22.2 Å². The molecule has 6 heteroatoms. The number of methoxy groups -OCH3 is 1. The minimum Gasteiger partial charge on any atom is -0.497 e. The molecule has 0 saturated carbocycles. The van der Waals surface area contributed by atoms with Gasteiger partial charge in [0.05, 0.1) is 17.7 Å². The number of rotatable bonds is 4. The van der Waals surface area contributed by atoms with Crippen LogP contribution >= 0.6 is 35.4 Å². The van der Waals surface area contributed by atoms with Gasteiger partial charge in [0.2, 0.25) is 0 Å². The standard InChI is InChI=1S/C14H11Cl2NO2S/c1-18-9-3-4-10(14(17)20)12(7-9)19-13-6-8(15)2-5-11(13)16/h2-7H,1H3,(H2,17,20). The van der Waals surface area contributed by atoms with Crippen molar-refractivity contribution in [3.05, 3.63) is 52.0 Å². The third-order valence-electron chi connectivity index (χ3n) is 2.57. The van der Waals surface area contributed by atoms with Gasteiger partial charge >= 0.3 is 0 Å². The van der Waals surface area contributed by atoms with Crippen LogP contribution in [0, 0.1) is 0 Å². The Hall–Kier alpha value is -1.49. The van der Waals surface area contributed by atoms with Crippen LogP contribution < -0.4 is 15.2 Å². The topological polar surface area (TPSA) is 44.5 Å². The highest BCUT2D eigenvalue weighted by Crippen LogP contribution is 2.35. The summed E-state index contributed by atoms with van der Waals surface area (Å²) in [5.41, 5.74) is 6.27. The molecule has 2 aromatic carbocycles. The fourth-order valence-corrected chi connectivity index (χ4v) is 2.08. The molecule has 0 fully saturated rings. The Labute approximate surface area is 132 Å². The van der Waals surface area contributed by atoms with Crippen molar-refractivity contribution in [2.75, 3.05) is 7.11 Å². The number of hydrogen-bond acceptors (Lipinski definition) is 3. The van der Waals surface area contributed by atoms with Gasteiger partial charge in [-0.2, -0.15) is 0 Å². The normalized spacial score (nSPS) is 10.2. The van der Waals surface area contributed by atoms with E-state index in [1.807, 2.05) is 0 Å². The maximum atomic E-state index is 6.07. The van der Waals surface area contributed by atoms with Crippen molar-refractivity contribution in [2.24, 2.45) is 5.73 Å². The average Bonchev–Trinajstić information content (AvgIpc) is 2.42. The number of benzene rings is 2. The van der Waals surface area contributed by atoms with Gasteiger partial charge in [-0.05, 0) is 24.3 Å². The molecule has 2 N–H and O–H groups in total. The molecule has 0 aliphatic carbocycles. The first-order chi connectivity index (χ1) is 9.51. The molecule has 2 aromatic rings. The number of hydrogen-bond donors (Lipinski definition) is 1. The number of thiocarbonyl (C=S) groups is 1. The van der Waals surface area contributed by atoms with Gasteiger partial charge in [0.25, 0.3) is 0 Å². The lowest BCUT2D eigenvalue weighted by molar-refractivity contribution is 0.409. The molecule has 20 heavy (non-hydrogen) atoms. The van der Waals surface area contributed by atoms with E-state index >= 15 is 0 Å². The van der Waals surface area contributed by atoms with Gasteiger partial charge in [-0.1, -0.05) is 35.4 Å². The van der Waals surface area contributed by atoms with Gasteiger partial charge in [-0.15, -0.1) is 0 Å². The summed E-state index contributed by atoms with van der Waals surface area (Å²) in [6.07, 6.45) is 0. The van der Waals surface area contributed by atoms with E-state index in [1.54, 1.807) is 43.5 Å². The third-order valence-corrected chi connectivity index (χ3v) is 3.33. The highest BCUT2D eigenvalue weighted by Gasteiger charge is 2.11. The Bertz CT molecular complexity index is 662. The first-order valence-electron chi connectivity index (χ1n) is 5.62. The first-order valence-corrected chi connectivity index (χ1v) is 6.78. The molecule has 0 bridgehead atoms. The monoisotopic (exact) mass is 327 g/mol. The molecule has 0 saturated heterocycles. The average molecular weight is 328 g/mol. The Balaban J connectivity index is 2.45. The Kier molecular flexibility index (Phi) is 4.70. The van der Waals surface area contributed by atoms with Crippen molar-refractivity contribution in [3.63, 3.8) is 0 Å². The van der Waals surface area contributed by atoms with Crippen molar-refractivity contribution in [3.8, 4) is 17.2 Å². The van der Waals surface area contributed by atoms with Gasteiger partial charge in [0, 0.05) is 17.2 Å². The molecule has 3 nitrogen and oxygen atoms in total. The van der Waals surface area contributed by atoms with E-state index in [4.69, 9.17) is 50.6 Å². The Morgan fingerprint density at radius 1 is 1.10 bits per heavy atom. The Morgan fingerprint density at radius 3 is 2.50 bits per heavy atom. The van der Waals surface area contributed by atoms with Crippen LogP contribution in [0.3, 0.4) is 0 Å². The van der Waals surface area contributed by atoms with Crippen LogP contribution in [-0.4, -0.2) is 12.1 Å². The van der Waals surface area contributed by atoms with Gasteiger partial charge in [-0.3, -0.25) is 0 Å². The third kappa shape index (κ3) is 3.33. The molecule has 0 amide bonds. The molecular formula is C14H11Cl2NO2S. The lowest BCUT2D eigenvalue weighted by Gasteiger charge is -2.13. The zero-order chi connectivity index (χ0) is 14.7. The zero-order valence-electron chi connectivity index (χ0n) is 10.5. The van der Waals surface area contributed by atoms with Crippen molar-refractivity contribution in [1.29, 1.82) is 0 Å². The van der Waals surface area contributed by atoms with Crippen molar-refractivity contribution < 1.29 is 9.47 Å². The van der Waals surface area contributed by atoms with E-state index < -0.39 is 0 Å². The smallest absolute Gasteiger partial charge is 0.147 e. The predicted molar refractivity (Wildman–Crippen MR) is 85.4 cm³/mol. The maximum Gasteiger partial charge on any atom is 0.147 e. The van der Waals surface area contributed by atoms with E-state index in [2.05, 4.69) is 0 Å². The quantitative estimate of drug-likeness (QED) is 0.844. The minimum atomic E-state index is 0.223.